The van der Waals surface area contributed by atoms with E-state index in [2.05, 4.69) is 46.5 Å². The number of hydrogen-bond acceptors (Lipinski definition) is 4. The first-order valence-electron chi connectivity index (χ1n) is 11.1. The number of fused-ring (bicyclic) bond motifs is 1. The van der Waals surface area contributed by atoms with Crippen LogP contribution in [0.1, 0.15) is 37.4 Å². The monoisotopic (exact) mass is 507 g/mol. The van der Waals surface area contributed by atoms with Crippen LogP contribution < -0.4 is 11.3 Å². The number of para-hydroxylation sites is 1. The number of nitrogens with two attached hydrogens (primary N) is 1. The van der Waals surface area contributed by atoms with Crippen LogP contribution in [0.3, 0.4) is 0 Å². The summed E-state index contributed by atoms with van der Waals surface area (Å²) in [5.74, 6) is 2.65. The number of rotatable bonds is 7. The summed E-state index contributed by atoms with van der Waals surface area (Å²) >= 11 is 5.58. The van der Waals surface area contributed by atoms with E-state index in [4.69, 9.17) is 27.7 Å². The van der Waals surface area contributed by atoms with Gasteiger partial charge in [0.25, 0.3) is 0 Å². The zero-order valence-electron chi connectivity index (χ0n) is 19.6. The molecule has 4 rings (SSSR count). The number of amides is 1. The molecule has 1 heterocycles. The highest BCUT2D eigenvalue weighted by molar-refractivity contribution is 6.31. The molecule has 8 nitrogen and oxygen atoms in total. The predicted octanol–water partition coefficient (Wildman–Crippen LogP) is 4.46. The number of carboxylic acids is 2. The quantitative estimate of drug-likeness (QED) is 0.166. The molecular weight excluding hydrogens is 482 g/mol. The second-order valence-electron chi connectivity index (χ2n) is 8.08. The molecule has 36 heavy (non-hydrogen) atoms. The van der Waals surface area contributed by atoms with Gasteiger partial charge in [-0.1, -0.05) is 60.1 Å². The average Bonchev–Trinajstić information content (AvgIpc) is 3.21. The Morgan fingerprint density at radius 1 is 0.944 bits per heavy atom. The summed E-state index contributed by atoms with van der Waals surface area (Å²) in [6, 6.07) is 21.0. The molecule has 3 aromatic carbocycles. The van der Waals surface area contributed by atoms with Gasteiger partial charge in [0, 0.05) is 28.7 Å². The van der Waals surface area contributed by atoms with Crippen molar-refractivity contribution >= 4 is 40.3 Å². The molecule has 0 saturated heterocycles. The van der Waals surface area contributed by atoms with E-state index in [1.807, 2.05) is 24.3 Å². The summed E-state index contributed by atoms with van der Waals surface area (Å²) in [7, 11) is 0. The number of carbonyl (C=O) groups is 3. The third-order valence-corrected chi connectivity index (χ3v) is 5.92. The topological polar surface area (TPSA) is 135 Å². The first-order valence-corrected chi connectivity index (χ1v) is 11.5. The zero-order chi connectivity index (χ0) is 26.2. The number of aromatic carboxylic acids is 2. The number of carboxylic acid groups (broad SMARTS) is 2. The van der Waals surface area contributed by atoms with Gasteiger partial charge in [0.05, 0.1) is 17.5 Å². The van der Waals surface area contributed by atoms with Gasteiger partial charge in [-0.2, -0.15) is 0 Å². The van der Waals surface area contributed by atoms with Crippen molar-refractivity contribution < 1.29 is 24.6 Å². The zero-order valence-corrected chi connectivity index (χ0v) is 20.3. The number of benzene rings is 3. The number of halogens is 1. The van der Waals surface area contributed by atoms with E-state index < -0.39 is 11.9 Å². The maximum absolute atomic E-state index is 11.6. The van der Waals surface area contributed by atoms with Gasteiger partial charge in [-0.3, -0.25) is 10.2 Å². The number of hydrogen-bond donors (Lipinski definition) is 4. The van der Waals surface area contributed by atoms with E-state index in [1.54, 1.807) is 0 Å². The summed E-state index contributed by atoms with van der Waals surface area (Å²) in [5.41, 5.74) is 5.69. The van der Waals surface area contributed by atoms with Crippen LogP contribution >= 0.6 is 11.6 Å². The molecule has 0 spiro atoms. The maximum atomic E-state index is 11.6. The van der Waals surface area contributed by atoms with Gasteiger partial charge in [0.15, 0.2) is 0 Å². The highest BCUT2D eigenvalue weighted by Gasteiger charge is 2.16. The number of aromatic nitrogens is 1. The lowest BCUT2D eigenvalue weighted by Gasteiger charge is -2.05. The molecule has 0 unspecified atom stereocenters. The molecule has 0 aliphatic rings. The minimum absolute atomic E-state index is 0.0881. The summed E-state index contributed by atoms with van der Waals surface area (Å²) in [6.07, 6.45) is 3.32. The number of aryl methyl sites for hydroxylation is 2. The van der Waals surface area contributed by atoms with E-state index in [0.29, 0.717) is 6.42 Å². The Labute approximate surface area is 212 Å². The lowest BCUT2D eigenvalue weighted by Crippen LogP contribution is -2.31. The van der Waals surface area contributed by atoms with Crippen molar-refractivity contribution in [3.05, 3.63) is 106 Å². The lowest BCUT2D eigenvalue weighted by molar-refractivity contribution is -0.120. The molecule has 0 fully saturated rings. The van der Waals surface area contributed by atoms with Crippen LogP contribution in [0.15, 0.2) is 72.9 Å². The molecule has 9 heteroatoms. The van der Waals surface area contributed by atoms with Crippen LogP contribution in [-0.2, 0) is 24.2 Å². The highest BCUT2D eigenvalue weighted by atomic mass is 35.5. The minimum atomic E-state index is -1.19. The second kappa shape index (κ2) is 12.0. The van der Waals surface area contributed by atoms with Crippen molar-refractivity contribution in [1.29, 1.82) is 0 Å². The molecular formula is C27H26ClN3O5. The second-order valence-corrected chi connectivity index (χ2v) is 8.52. The van der Waals surface area contributed by atoms with Gasteiger partial charge < -0.3 is 14.8 Å². The number of hydrazine groups is 1. The van der Waals surface area contributed by atoms with E-state index >= 15 is 0 Å². The highest BCUT2D eigenvalue weighted by Crippen LogP contribution is 2.23. The lowest BCUT2D eigenvalue weighted by atomic mass is 10.0. The summed E-state index contributed by atoms with van der Waals surface area (Å²) in [5, 5.41) is 18.7. The average molecular weight is 508 g/mol. The van der Waals surface area contributed by atoms with Crippen molar-refractivity contribution in [2.24, 2.45) is 5.84 Å². The number of nitrogens with one attached hydrogen (secondary N) is 1. The molecule has 0 radical (unpaired) electrons. The van der Waals surface area contributed by atoms with E-state index in [0.717, 1.165) is 29.4 Å². The van der Waals surface area contributed by atoms with Gasteiger partial charge in [-0.15, -0.1) is 0 Å². The molecule has 186 valence electrons. The summed E-state index contributed by atoms with van der Waals surface area (Å²) in [4.78, 5) is 33.0. The van der Waals surface area contributed by atoms with Crippen LogP contribution in [0.25, 0.3) is 10.9 Å². The van der Waals surface area contributed by atoms with Crippen molar-refractivity contribution in [1.82, 2.24) is 9.99 Å². The largest absolute Gasteiger partial charge is 0.478 e. The first kappa shape index (κ1) is 26.5. The van der Waals surface area contributed by atoms with Crippen molar-refractivity contribution in [2.75, 3.05) is 0 Å². The Morgan fingerprint density at radius 2 is 1.53 bits per heavy atom. The Balaban J connectivity index is 0.000000223. The van der Waals surface area contributed by atoms with E-state index in [1.165, 1.54) is 24.6 Å². The molecule has 0 aliphatic heterocycles. The van der Waals surface area contributed by atoms with Crippen LogP contribution in [0.5, 0.6) is 0 Å². The molecule has 4 aromatic rings. The SMILES string of the molecule is Cc1c(C(=O)O)cc(Cl)cc1C(=O)O.NNC(=O)Cc1cn(CCc2ccccc2)c2ccccc12. The van der Waals surface area contributed by atoms with Gasteiger partial charge in [0.1, 0.15) is 0 Å². The van der Waals surface area contributed by atoms with Crippen LogP contribution in [0.4, 0.5) is 0 Å². The Morgan fingerprint density at radius 3 is 2.11 bits per heavy atom. The Bertz CT molecular complexity index is 1360. The van der Waals surface area contributed by atoms with Crippen LogP contribution in [-0.4, -0.2) is 32.6 Å². The summed E-state index contributed by atoms with van der Waals surface area (Å²) in [6.45, 7) is 2.32. The van der Waals surface area contributed by atoms with Gasteiger partial charge in [-0.25, -0.2) is 15.4 Å². The summed E-state index contributed by atoms with van der Waals surface area (Å²) < 4.78 is 2.21. The number of nitrogens with zero attached hydrogens (tertiary/aromatic N) is 1. The van der Waals surface area contributed by atoms with Gasteiger partial charge >= 0.3 is 11.9 Å². The van der Waals surface area contributed by atoms with Gasteiger partial charge in [-0.05, 0) is 48.2 Å². The molecule has 5 N–H and O–H groups in total. The third-order valence-electron chi connectivity index (χ3n) is 5.70. The fourth-order valence-corrected chi connectivity index (χ4v) is 4.11. The molecule has 0 aliphatic carbocycles. The van der Waals surface area contributed by atoms with Gasteiger partial charge in [0.2, 0.25) is 5.91 Å². The third kappa shape index (κ3) is 6.50. The molecule has 1 aromatic heterocycles. The van der Waals surface area contributed by atoms with Crippen LogP contribution in [0, 0.1) is 6.92 Å². The van der Waals surface area contributed by atoms with Crippen LogP contribution in [0.2, 0.25) is 5.02 Å². The minimum Gasteiger partial charge on any atom is -0.478 e. The Kier molecular flexibility index (Phi) is 8.83. The molecule has 0 atom stereocenters. The normalized spacial score (nSPS) is 10.4. The van der Waals surface area contributed by atoms with Crippen molar-refractivity contribution in [3.63, 3.8) is 0 Å². The van der Waals surface area contributed by atoms with E-state index in [-0.39, 0.29) is 27.6 Å². The molecule has 0 bridgehead atoms. The Hall–Kier alpha value is -4.14. The smallest absolute Gasteiger partial charge is 0.336 e. The molecule has 0 saturated carbocycles. The predicted molar refractivity (Wildman–Crippen MR) is 138 cm³/mol. The maximum Gasteiger partial charge on any atom is 0.336 e. The fraction of sp³-hybridized carbons (Fsp3) is 0.148. The fourth-order valence-electron chi connectivity index (χ4n) is 3.89. The standard InChI is InChI=1S/C18H19N3O.C9H7ClO4/c19-20-18(22)12-15-13-21(17-9-5-4-8-16(15)17)11-10-14-6-2-1-3-7-14;1-4-6(8(11)12)2-5(10)3-7(4)9(13)14/h1-9,13H,10-12,19H2,(H,20,22);2-3H,1H3,(H,11,12)(H,13,14). The number of carbonyl (C=O) groups excluding carboxylic acids is 1. The van der Waals surface area contributed by atoms with E-state index in [9.17, 15) is 14.4 Å². The molecule has 1 amide bonds. The van der Waals surface area contributed by atoms with Crippen molar-refractivity contribution in [2.45, 2.75) is 26.3 Å². The first-order chi connectivity index (χ1) is 17.2. The van der Waals surface area contributed by atoms with Crippen molar-refractivity contribution in [3.8, 4) is 0 Å².